The Labute approximate surface area is 211 Å². The summed E-state index contributed by atoms with van der Waals surface area (Å²) in [6, 6.07) is 22.1. The van der Waals surface area contributed by atoms with Gasteiger partial charge in [0.05, 0.1) is 31.1 Å². The van der Waals surface area contributed by atoms with Gasteiger partial charge >= 0.3 is 0 Å². The summed E-state index contributed by atoms with van der Waals surface area (Å²) in [5, 5.41) is 1.69. The van der Waals surface area contributed by atoms with E-state index < -0.39 is 18.1 Å². The summed E-state index contributed by atoms with van der Waals surface area (Å²) >= 11 is 0. The number of hydrogen-bond acceptors (Lipinski definition) is 6. The second-order valence-electron chi connectivity index (χ2n) is 9.07. The summed E-state index contributed by atoms with van der Waals surface area (Å²) in [6.45, 7) is 4.59. The Bertz CT molecular complexity index is 1260. The van der Waals surface area contributed by atoms with Crippen LogP contribution in [0.5, 0.6) is 11.5 Å². The molecule has 2 heterocycles. The molecule has 186 valence electrons. The monoisotopic (exact) mass is 486 g/mol. The van der Waals surface area contributed by atoms with Crippen LogP contribution in [0.25, 0.3) is 0 Å². The fourth-order valence-corrected chi connectivity index (χ4v) is 4.92. The van der Waals surface area contributed by atoms with Gasteiger partial charge in [-0.05, 0) is 54.8 Å². The lowest BCUT2D eigenvalue weighted by molar-refractivity contribution is -0.126. The van der Waals surface area contributed by atoms with E-state index in [0.29, 0.717) is 23.8 Å². The molecule has 0 saturated carbocycles. The van der Waals surface area contributed by atoms with Gasteiger partial charge in [-0.3, -0.25) is 14.4 Å². The zero-order valence-corrected chi connectivity index (χ0v) is 20.7. The molecule has 36 heavy (non-hydrogen) atoms. The molecule has 2 aliphatic rings. The smallest absolute Gasteiger partial charge is 0.266 e. The van der Waals surface area contributed by atoms with Crippen molar-refractivity contribution < 1.29 is 23.9 Å². The van der Waals surface area contributed by atoms with Crippen molar-refractivity contribution >= 4 is 23.2 Å². The van der Waals surface area contributed by atoms with E-state index in [1.54, 1.807) is 18.2 Å². The number of unbranched alkanes of at least 4 members (excludes halogenated alkanes) is 1. The van der Waals surface area contributed by atoms with Gasteiger partial charge in [0.1, 0.15) is 5.92 Å². The van der Waals surface area contributed by atoms with E-state index in [-0.39, 0.29) is 11.8 Å². The number of amides is 2. The van der Waals surface area contributed by atoms with Gasteiger partial charge in [0.15, 0.2) is 17.6 Å². The van der Waals surface area contributed by atoms with Crippen LogP contribution in [0, 0.1) is 12.8 Å². The van der Waals surface area contributed by atoms with E-state index >= 15 is 0 Å². The molecule has 0 aromatic heterocycles. The minimum absolute atomic E-state index is 0.273. The number of benzene rings is 3. The molecule has 3 aromatic rings. The Morgan fingerprint density at radius 3 is 2.39 bits per heavy atom. The topological polar surface area (TPSA) is 68.3 Å². The highest BCUT2D eigenvalue weighted by Gasteiger charge is 2.60. The largest absolute Gasteiger partial charge is 0.493 e. The Kier molecular flexibility index (Phi) is 6.65. The van der Waals surface area contributed by atoms with Crippen molar-refractivity contribution in [2.75, 3.05) is 23.7 Å². The number of hydroxylamine groups is 1. The predicted molar refractivity (Wildman–Crippen MR) is 137 cm³/mol. The lowest BCUT2D eigenvalue weighted by Gasteiger charge is -2.29. The van der Waals surface area contributed by atoms with Gasteiger partial charge < -0.3 is 9.47 Å². The number of imide groups is 1. The average Bonchev–Trinajstić information content (AvgIpc) is 3.41. The molecule has 5 rings (SSSR count). The highest BCUT2D eigenvalue weighted by atomic mass is 16.7. The van der Waals surface area contributed by atoms with Gasteiger partial charge in [-0.25, -0.2) is 9.96 Å². The molecule has 0 bridgehead atoms. The van der Waals surface area contributed by atoms with Crippen molar-refractivity contribution in [1.29, 1.82) is 0 Å². The summed E-state index contributed by atoms with van der Waals surface area (Å²) in [4.78, 5) is 34.9. The van der Waals surface area contributed by atoms with E-state index in [2.05, 4.69) is 6.92 Å². The standard InChI is InChI=1S/C29H30N2O5/c1-4-5-17-35-23-16-15-20(18-24(23)34-3)26-25-27(36-31(26)21-12-7-6-8-13-21)29(33)30(28(25)32)22-14-10-9-11-19(22)2/h6-16,18,25-27H,4-5,17H2,1-3H3/t25-,26+,27-/m0/s1. The van der Waals surface area contributed by atoms with Gasteiger partial charge in [-0.15, -0.1) is 0 Å². The third-order valence-electron chi connectivity index (χ3n) is 6.77. The zero-order valence-electron chi connectivity index (χ0n) is 20.7. The highest BCUT2D eigenvalue weighted by molar-refractivity contribution is 6.24. The number of hydrogen-bond donors (Lipinski definition) is 0. The molecule has 2 amide bonds. The number of carbonyl (C=O) groups is 2. The molecular formula is C29H30N2O5. The minimum atomic E-state index is -0.922. The number of para-hydroxylation sites is 2. The quantitative estimate of drug-likeness (QED) is 0.321. The number of fused-ring (bicyclic) bond motifs is 1. The molecule has 3 aromatic carbocycles. The summed E-state index contributed by atoms with van der Waals surface area (Å²) in [7, 11) is 1.60. The first kappa shape index (κ1) is 23.9. The number of ether oxygens (including phenoxy) is 2. The van der Waals surface area contributed by atoms with Crippen molar-refractivity contribution in [3.05, 3.63) is 83.9 Å². The van der Waals surface area contributed by atoms with Crippen LogP contribution in [0.4, 0.5) is 11.4 Å². The van der Waals surface area contributed by atoms with Crippen molar-refractivity contribution in [3.8, 4) is 11.5 Å². The highest BCUT2D eigenvalue weighted by Crippen LogP contribution is 2.49. The van der Waals surface area contributed by atoms with Crippen LogP contribution in [0.1, 0.15) is 36.9 Å². The summed E-state index contributed by atoms with van der Waals surface area (Å²) in [6.07, 6.45) is 1.05. The summed E-state index contributed by atoms with van der Waals surface area (Å²) < 4.78 is 11.5. The molecule has 7 nitrogen and oxygen atoms in total. The third kappa shape index (κ3) is 4.09. The zero-order chi connectivity index (χ0) is 25.2. The van der Waals surface area contributed by atoms with Gasteiger partial charge in [0, 0.05) is 0 Å². The Morgan fingerprint density at radius 1 is 0.917 bits per heavy atom. The Balaban J connectivity index is 1.56. The summed E-state index contributed by atoms with van der Waals surface area (Å²) in [5.74, 6) is -0.118. The predicted octanol–water partition coefficient (Wildman–Crippen LogP) is 5.23. The lowest BCUT2D eigenvalue weighted by atomic mass is 9.90. The number of methoxy groups -OCH3 is 1. The van der Waals surface area contributed by atoms with E-state index in [9.17, 15) is 9.59 Å². The molecule has 3 atom stereocenters. The number of rotatable bonds is 8. The van der Waals surface area contributed by atoms with E-state index in [1.807, 2.05) is 73.7 Å². The van der Waals surface area contributed by atoms with Crippen LogP contribution < -0.4 is 19.4 Å². The Hall–Kier alpha value is -3.84. The molecule has 0 spiro atoms. The van der Waals surface area contributed by atoms with E-state index in [1.165, 1.54) is 4.90 Å². The molecular weight excluding hydrogens is 456 g/mol. The molecule has 0 unspecified atom stereocenters. The number of anilines is 2. The van der Waals surface area contributed by atoms with Crippen molar-refractivity contribution in [2.45, 2.75) is 38.8 Å². The number of aryl methyl sites for hydroxylation is 1. The fraction of sp³-hybridized carbons (Fsp3) is 0.310. The van der Waals surface area contributed by atoms with Crippen molar-refractivity contribution in [3.63, 3.8) is 0 Å². The van der Waals surface area contributed by atoms with Crippen LogP contribution in [-0.2, 0) is 14.4 Å². The fourth-order valence-electron chi connectivity index (χ4n) is 4.92. The van der Waals surface area contributed by atoms with Gasteiger partial charge in [-0.1, -0.05) is 55.8 Å². The van der Waals surface area contributed by atoms with Crippen LogP contribution in [0.3, 0.4) is 0 Å². The second kappa shape index (κ2) is 10.0. The minimum Gasteiger partial charge on any atom is -0.493 e. The Morgan fingerprint density at radius 2 is 1.67 bits per heavy atom. The van der Waals surface area contributed by atoms with Crippen molar-refractivity contribution in [1.82, 2.24) is 0 Å². The van der Waals surface area contributed by atoms with Crippen LogP contribution in [0.2, 0.25) is 0 Å². The molecule has 2 aliphatic heterocycles. The lowest BCUT2D eigenvalue weighted by Crippen LogP contribution is -2.37. The molecule has 7 heteroatoms. The second-order valence-corrected chi connectivity index (χ2v) is 9.07. The summed E-state index contributed by atoms with van der Waals surface area (Å²) in [5.41, 5.74) is 3.01. The molecule has 0 N–H and O–H groups in total. The molecule has 2 saturated heterocycles. The maximum absolute atomic E-state index is 13.8. The van der Waals surface area contributed by atoms with Gasteiger partial charge in [0.2, 0.25) is 5.91 Å². The van der Waals surface area contributed by atoms with E-state index in [4.69, 9.17) is 14.3 Å². The first-order chi connectivity index (χ1) is 17.5. The van der Waals surface area contributed by atoms with Gasteiger partial charge in [0.25, 0.3) is 5.91 Å². The number of carbonyl (C=O) groups excluding carboxylic acids is 2. The first-order valence-corrected chi connectivity index (χ1v) is 12.3. The number of nitrogens with zero attached hydrogens (tertiary/aromatic N) is 2. The normalized spacial score (nSPS) is 21.1. The maximum atomic E-state index is 13.8. The molecule has 2 fully saturated rings. The van der Waals surface area contributed by atoms with E-state index in [0.717, 1.165) is 29.7 Å². The van der Waals surface area contributed by atoms with Crippen LogP contribution in [0.15, 0.2) is 72.8 Å². The SMILES string of the molecule is CCCCOc1ccc([C@@H]2[C@@H]3C(=O)N(c4ccccc4C)C(=O)[C@H]3ON2c2ccccc2)cc1OC. The third-order valence-corrected chi connectivity index (χ3v) is 6.77. The maximum Gasteiger partial charge on any atom is 0.266 e. The van der Waals surface area contributed by atoms with Crippen LogP contribution >= 0.6 is 0 Å². The molecule has 0 radical (unpaired) electrons. The first-order valence-electron chi connectivity index (χ1n) is 12.3. The van der Waals surface area contributed by atoms with Gasteiger partial charge in [-0.2, -0.15) is 0 Å². The average molecular weight is 487 g/mol. The molecule has 0 aliphatic carbocycles. The van der Waals surface area contributed by atoms with Crippen molar-refractivity contribution in [2.24, 2.45) is 5.92 Å². The van der Waals surface area contributed by atoms with Crippen LogP contribution in [-0.4, -0.2) is 31.6 Å².